The van der Waals surface area contributed by atoms with E-state index in [4.69, 9.17) is 6.42 Å². The number of anilines is 1. The van der Waals surface area contributed by atoms with Crippen LogP contribution in [-0.4, -0.2) is 23.9 Å². The molecule has 1 saturated heterocycles. The summed E-state index contributed by atoms with van der Waals surface area (Å²) in [7, 11) is 0. The van der Waals surface area contributed by atoms with E-state index in [-0.39, 0.29) is 23.6 Å². The van der Waals surface area contributed by atoms with Crippen molar-refractivity contribution < 1.29 is 18.0 Å². The summed E-state index contributed by atoms with van der Waals surface area (Å²) in [5, 5.41) is 0.482. The van der Waals surface area contributed by atoms with E-state index in [1.54, 1.807) is 12.1 Å². The number of fused-ring (bicyclic) bond motifs is 1. The summed E-state index contributed by atoms with van der Waals surface area (Å²) in [4.78, 5) is 18.0. The standard InChI is InChI=1S/C21H21F3N2O/c1-3-5-16(27)11-15-10-14(2)12-26(13-15)19-8-7-18(21(22,23)24)20-17(19)6-4-9-25-20/h1,4,6-9,14-15H,5,10-13H2,2H3/t14-,15-/m0/s1. The van der Waals surface area contributed by atoms with Gasteiger partial charge in [0.2, 0.25) is 0 Å². The Morgan fingerprint density at radius 1 is 1.33 bits per heavy atom. The molecule has 1 aromatic heterocycles. The van der Waals surface area contributed by atoms with Crippen LogP contribution in [0, 0.1) is 24.2 Å². The quantitative estimate of drug-likeness (QED) is 0.728. The Bertz CT molecular complexity index is 885. The highest BCUT2D eigenvalue weighted by Gasteiger charge is 2.34. The van der Waals surface area contributed by atoms with Crippen LogP contribution in [0.2, 0.25) is 0 Å². The van der Waals surface area contributed by atoms with Crippen LogP contribution >= 0.6 is 0 Å². The number of hydrogen-bond donors (Lipinski definition) is 0. The summed E-state index contributed by atoms with van der Waals surface area (Å²) in [6.45, 7) is 3.44. The van der Waals surface area contributed by atoms with Crippen LogP contribution in [0.1, 0.15) is 31.7 Å². The second-order valence-corrected chi connectivity index (χ2v) is 7.27. The van der Waals surface area contributed by atoms with Gasteiger partial charge in [0.05, 0.1) is 17.5 Å². The molecular formula is C21H21F3N2O. The number of carbonyl (C=O) groups is 1. The lowest BCUT2D eigenvalue weighted by Gasteiger charge is -2.38. The predicted octanol–water partition coefficient (Wildman–Crippen LogP) is 4.70. The molecule has 1 fully saturated rings. The van der Waals surface area contributed by atoms with Gasteiger partial charge in [-0.1, -0.05) is 12.8 Å². The molecule has 1 aromatic carbocycles. The number of Topliss-reactive ketones (excluding diaryl/α,β-unsaturated/α-hetero) is 1. The third kappa shape index (κ3) is 4.24. The first-order valence-corrected chi connectivity index (χ1v) is 8.94. The minimum atomic E-state index is -4.45. The van der Waals surface area contributed by atoms with Crippen molar-refractivity contribution in [1.82, 2.24) is 4.98 Å². The van der Waals surface area contributed by atoms with E-state index in [0.29, 0.717) is 24.3 Å². The molecule has 2 aromatic rings. The number of hydrogen-bond acceptors (Lipinski definition) is 3. The summed E-state index contributed by atoms with van der Waals surface area (Å²) in [6, 6.07) is 5.94. The van der Waals surface area contributed by atoms with Crippen molar-refractivity contribution in [2.75, 3.05) is 18.0 Å². The number of nitrogens with zero attached hydrogens (tertiary/aromatic N) is 2. The highest BCUT2D eigenvalue weighted by Crippen LogP contribution is 2.39. The number of aromatic nitrogens is 1. The van der Waals surface area contributed by atoms with E-state index in [9.17, 15) is 18.0 Å². The van der Waals surface area contributed by atoms with Crippen LogP contribution in [0.5, 0.6) is 0 Å². The van der Waals surface area contributed by atoms with Gasteiger partial charge in [-0.15, -0.1) is 6.42 Å². The minimum absolute atomic E-state index is 0.0375. The Hall–Kier alpha value is -2.55. The van der Waals surface area contributed by atoms with Gasteiger partial charge < -0.3 is 4.90 Å². The largest absolute Gasteiger partial charge is 0.418 e. The van der Waals surface area contributed by atoms with Crippen molar-refractivity contribution in [2.45, 2.75) is 32.4 Å². The van der Waals surface area contributed by atoms with Gasteiger partial charge in [0, 0.05) is 36.8 Å². The number of piperidine rings is 1. The average Bonchev–Trinajstić information content (AvgIpc) is 2.59. The van der Waals surface area contributed by atoms with Crippen molar-refractivity contribution in [3.8, 4) is 12.3 Å². The number of benzene rings is 1. The Labute approximate surface area is 156 Å². The van der Waals surface area contributed by atoms with Gasteiger partial charge in [-0.25, -0.2) is 0 Å². The lowest BCUT2D eigenvalue weighted by molar-refractivity contribution is -0.136. The van der Waals surface area contributed by atoms with Gasteiger partial charge in [-0.3, -0.25) is 9.78 Å². The first-order chi connectivity index (χ1) is 12.8. The van der Waals surface area contributed by atoms with Crippen molar-refractivity contribution in [2.24, 2.45) is 11.8 Å². The first-order valence-electron chi connectivity index (χ1n) is 8.94. The van der Waals surface area contributed by atoms with Crippen LogP contribution in [0.3, 0.4) is 0 Å². The van der Waals surface area contributed by atoms with E-state index < -0.39 is 11.7 Å². The molecular weight excluding hydrogens is 353 g/mol. The number of alkyl halides is 3. The van der Waals surface area contributed by atoms with Gasteiger partial charge in [-0.05, 0) is 42.5 Å². The number of terminal acetylenes is 1. The third-order valence-electron chi connectivity index (χ3n) is 4.95. The topological polar surface area (TPSA) is 33.2 Å². The second kappa shape index (κ2) is 7.59. The Morgan fingerprint density at radius 2 is 2.11 bits per heavy atom. The third-order valence-corrected chi connectivity index (χ3v) is 4.95. The SMILES string of the molecule is C#CCC(=O)C[C@@H]1C[C@H](C)CN(c2ccc(C(F)(F)F)c3ncccc23)C1. The molecule has 1 aliphatic heterocycles. The summed E-state index contributed by atoms with van der Waals surface area (Å²) in [6.07, 6.45) is 3.57. The van der Waals surface area contributed by atoms with Crippen LogP contribution in [0.25, 0.3) is 10.9 Å². The molecule has 6 heteroatoms. The zero-order valence-corrected chi connectivity index (χ0v) is 15.1. The molecule has 1 aliphatic rings. The number of carbonyl (C=O) groups excluding carboxylic acids is 1. The fourth-order valence-electron chi connectivity index (χ4n) is 4.00. The lowest BCUT2D eigenvalue weighted by atomic mass is 9.86. The van der Waals surface area contributed by atoms with Gasteiger partial charge in [0.1, 0.15) is 5.78 Å². The van der Waals surface area contributed by atoms with Crippen molar-refractivity contribution >= 4 is 22.4 Å². The summed E-state index contributed by atoms with van der Waals surface area (Å²) < 4.78 is 40.0. The Morgan fingerprint density at radius 3 is 2.81 bits per heavy atom. The van der Waals surface area contributed by atoms with Gasteiger partial charge in [0.15, 0.2) is 0 Å². The van der Waals surface area contributed by atoms with Crippen LogP contribution in [0.4, 0.5) is 18.9 Å². The molecule has 0 unspecified atom stereocenters. The van der Waals surface area contributed by atoms with Crippen molar-refractivity contribution in [1.29, 1.82) is 0 Å². The van der Waals surface area contributed by atoms with E-state index in [1.807, 2.05) is 0 Å². The molecule has 0 saturated carbocycles. The second-order valence-electron chi connectivity index (χ2n) is 7.27. The molecule has 0 spiro atoms. The van der Waals surface area contributed by atoms with Crippen LogP contribution in [0.15, 0.2) is 30.5 Å². The molecule has 3 nitrogen and oxygen atoms in total. The number of pyridine rings is 1. The van der Waals surface area contributed by atoms with Crippen molar-refractivity contribution in [3.05, 3.63) is 36.0 Å². The molecule has 0 N–H and O–H groups in total. The zero-order chi connectivity index (χ0) is 19.6. The fourth-order valence-corrected chi connectivity index (χ4v) is 4.00. The Kier molecular flexibility index (Phi) is 5.41. The molecule has 0 amide bonds. The highest BCUT2D eigenvalue weighted by atomic mass is 19.4. The molecule has 2 heterocycles. The monoisotopic (exact) mass is 374 g/mol. The van der Waals surface area contributed by atoms with Crippen LogP contribution < -0.4 is 4.90 Å². The smallest absolute Gasteiger partial charge is 0.370 e. The fraction of sp³-hybridized carbons (Fsp3) is 0.429. The van der Waals surface area contributed by atoms with Crippen LogP contribution in [-0.2, 0) is 11.0 Å². The lowest BCUT2D eigenvalue weighted by Crippen LogP contribution is -2.40. The molecule has 0 radical (unpaired) electrons. The first kappa shape index (κ1) is 19.2. The predicted molar refractivity (Wildman–Crippen MR) is 99.3 cm³/mol. The van der Waals surface area contributed by atoms with Gasteiger partial charge in [0.25, 0.3) is 0 Å². The minimum Gasteiger partial charge on any atom is -0.370 e. The zero-order valence-electron chi connectivity index (χ0n) is 15.1. The molecule has 0 aliphatic carbocycles. The van der Waals surface area contributed by atoms with E-state index in [2.05, 4.69) is 22.7 Å². The van der Waals surface area contributed by atoms with Gasteiger partial charge >= 0.3 is 6.18 Å². The normalized spacial score (nSPS) is 20.5. The number of ketones is 1. The summed E-state index contributed by atoms with van der Waals surface area (Å²) >= 11 is 0. The maximum atomic E-state index is 13.3. The molecule has 3 rings (SSSR count). The molecule has 27 heavy (non-hydrogen) atoms. The maximum absolute atomic E-state index is 13.3. The summed E-state index contributed by atoms with van der Waals surface area (Å²) in [5.41, 5.74) is -0.0413. The molecule has 0 bridgehead atoms. The number of halogens is 3. The summed E-state index contributed by atoms with van der Waals surface area (Å²) in [5.74, 6) is 2.89. The molecule has 2 atom stereocenters. The molecule has 142 valence electrons. The van der Waals surface area contributed by atoms with Crippen molar-refractivity contribution in [3.63, 3.8) is 0 Å². The van der Waals surface area contributed by atoms with E-state index >= 15 is 0 Å². The maximum Gasteiger partial charge on any atom is 0.418 e. The highest BCUT2D eigenvalue weighted by molar-refractivity contribution is 5.94. The van der Waals surface area contributed by atoms with E-state index in [1.165, 1.54) is 12.3 Å². The Balaban J connectivity index is 1.95. The van der Waals surface area contributed by atoms with Gasteiger partial charge in [-0.2, -0.15) is 13.2 Å². The number of rotatable bonds is 4. The van der Waals surface area contributed by atoms with E-state index in [0.717, 1.165) is 24.7 Å². The average molecular weight is 374 g/mol.